The topological polar surface area (TPSA) is 103 Å². The minimum Gasteiger partial charge on any atom is -0.269 e. The molecular formula is C6H7N3O3S. The summed E-state index contributed by atoms with van der Waals surface area (Å²) in [5.41, 5.74) is 6.91. The van der Waals surface area contributed by atoms with Gasteiger partial charge in [-0.25, -0.2) is 5.53 Å². The Hall–Kier alpha value is -1.47. The molecule has 0 aliphatic heterocycles. The maximum atomic E-state index is 10.4. The molecular weight excluding hydrogens is 194 g/mol. The number of anilines is 1. The van der Waals surface area contributed by atoms with Crippen molar-refractivity contribution in [3.8, 4) is 0 Å². The number of hydrogen-bond acceptors (Lipinski definition) is 4. The maximum Gasteiger partial charge on any atom is 0.357 e. The van der Waals surface area contributed by atoms with E-state index in [9.17, 15) is 8.42 Å². The van der Waals surface area contributed by atoms with Gasteiger partial charge in [0.25, 0.3) is 0 Å². The normalized spacial score (nSPS) is 10.8. The van der Waals surface area contributed by atoms with Gasteiger partial charge in [0.2, 0.25) is 0 Å². The Morgan fingerprint density at radius 3 is 2.54 bits per heavy atom. The largest absolute Gasteiger partial charge is 0.357 e. The molecule has 1 aromatic rings. The molecule has 0 saturated heterocycles. The van der Waals surface area contributed by atoms with Crippen LogP contribution in [-0.4, -0.2) is 13.0 Å². The fraction of sp³-hybridized carbons (Fsp3) is 0. The van der Waals surface area contributed by atoms with Crippen LogP contribution in [-0.2, 0) is 10.3 Å². The molecule has 3 N–H and O–H groups in total. The fourth-order valence-electron chi connectivity index (χ4n) is 0.796. The summed E-state index contributed by atoms with van der Waals surface area (Å²) in [5, 5.41) is 3.07. The van der Waals surface area contributed by atoms with Gasteiger partial charge in [0.05, 0.1) is 5.69 Å². The zero-order valence-corrected chi connectivity index (χ0v) is 7.25. The van der Waals surface area contributed by atoms with Crippen LogP contribution in [0.5, 0.6) is 0 Å². The smallest absolute Gasteiger partial charge is 0.269 e. The van der Waals surface area contributed by atoms with Gasteiger partial charge in [-0.05, 0) is 12.1 Å². The van der Waals surface area contributed by atoms with Crippen LogP contribution in [0.25, 0.3) is 0 Å². The molecule has 6 nitrogen and oxygen atoms in total. The van der Waals surface area contributed by atoms with Gasteiger partial charge < -0.3 is 0 Å². The van der Waals surface area contributed by atoms with E-state index in [4.69, 9.17) is 10.1 Å². The highest BCUT2D eigenvalue weighted by Gasteiger charge is 2.06. The molecule has 70 valence electrons. The molecule has 0 atom stereocenters. The molecule has 13 heavy (non-hydrogen) atoms. The second kappa shape index (κ2) is 3.50. The molecule has 0 spiro atoms. The third kappa shape index (κ3) is 2.80. The van der Waals surface area contributed by atoms with Crippen LogP contribution in [0, 0.1) is 5.53 Å². The third-order valence-electron chi connectivity index (χ3n) is 1.26. The summed E-state index contributed by atoms with van der Waals surface area (Å²) in [4.78, 5) is 0. The average molecular weight is 201 g/mol. The monoisotopic (exact) mass is 201 g/mol. The number of rotatable bonds is 3. The minimum atomic E-state index is -4.30. The van der Waals surface area contributed by atoms with E-state index in [0.717, 1.165) is 0 Å². The number of para-hydroxylation sites is 2. The minimum absolute atomic E-state index is 0.0694. The van der Waals surface area contributed by atoms with Gasteiger partial charge in [0.1, 0.15) is 5.69 Å². The first kappa shape index (κ1) is 9.62. The molecule has 0 aromatic heterocycles. The first-order valence-corrected chi connectivity index (χ1v) is 4.68. The van der Waals surface area contributed by atoms with Gasteiger partial charge in [-0.3, -0.25) is 9.27 Å². The van der Waals surface area contributed by atoms with Gasteiger partial charge in [-0.1, -0.05) is 12.1 Å². The standard InChI is InChI=1S/C6H7N3O3S/c7-8-5-3-1-2-4-6(5)9-13(10,11)12/h1-4,7,9H,(H,10,11,12). The summed E-state index contributed by atoms with van der Waals surface area (Å²) >= 11 is 0. The van der Waals surface area contributed by atoms with E-state index in [0.29, 0.717) is 0 Å². The van der Waals surface area contributed by atoms with Crippen LogP contribution in [0.15, 0.2) is 29.4 Å². The van der Waals surface area contributed by atoms with Gasteiger partial charge >= 0.3 is 10.3 Å². The number of hydrogen-bond donors (Lipinski definition) is 3. The van der Waals surface area contributed by atoms with Gasteiger partial charge in [-0.2, -0.15) is 13.5 Å². The Morgan fingerprint density at radius 1 is 1.38 bits per heavy atom. The van der Waals surface area contributed by atoms with Gasteiger partial charge in [0.15, 0.2) is 0 Å². The van der Waals surface area contributed by atoms with Crippen molar-refractivity contribution in [2.75, 3.05) is 4.72 Å². The molecule has 0 bridgehead atoms. The molecule has 0 saturated carbocycles. The molecule has 0 fully saturated rings. The molecule has 0 unspecified atom stereocenters. The second-order valence-electron chi connectivity index (χ2n) is 2.21. The van der Waals surface area contributed by atoms with Crippen LogP contribution in [0.3, 0.4) is 0 Å². The van der Waals surface area contributed by atoms with E-state index >= 15 is 0 Å². The van der Waals surface area contributed by atoms with Crippen molar-refractivity contribution in [1.29, 1.82) is 5.53 Å². The molecule has 1 rings (SSSR count). The first-order valence-electron chi connectivity index (χ1n) is 3.24. The van der Waals surface area contributed by atoms with Crippen molar-refractivity contribution in [1.82, 2.24) is 0 Å². The Bertz CT molecular complexity index is 415. The van der Waals surface area contributed by atoms with E-state index in [1.165, 1.54) is 12.1 Å². The molecule has 0 heterocycles. The van der Waals surface area contributed by atoms with Crippen LogP contribution >= 0.6 is 0 Å². The molecule has 7 heteroatoms. The van der Waals surface area contributed by atoms with Crippen molar-refractivity contribution in [3.05, 3.63) is 24.3 Å². The molecule has 0 aliphatic rings. The summed E-state index contributed by atoms with van der Waals surface area (Å²) in [6.07, 6.45) is 0. The van der Waals surface area contributed by atoms with Crippen LogP contribution in [0.4, 0.5) is 11.4 Å². The van der Waals surface area contributed by atoms with Crippen molar-refractivity contribution in [2.24, 2.45) is 5.11 Å². The predicted molar refractivity (Wildman–Crippen MR) is 46.4 cm³/mol. The van der Waals surface area contributed by atoms with E-state index in [-0.39, 0.29) is 11.4 Å². The maximum absolute atomic E-state index is 10.4. The Kier molecular flexibility index (Phi) is 2.59. The van der Waals surface area contributed by atoms with Crippen molar-refractivity contribution < 1.29 is 13.0 Å². The van der Waals surface area contributed by atoms with Crippen molar-refractivity contribution in [2.45, 2.75) is 0 Å². The van der Waals surface area contributed by atoms with Crippen molar-refractivity contribution >= 4 is 21.7 Å². The van der Waals surface area contributed by atoms with Gasteiger partial charge in [0, 0.05) is 0 Å². The third-order valence-corrected chi connectivity index (χ3v) is 1.74. The lowest BCUT2D eigenvalue weighted by molar-refractivity contribution is 0.490. The highest BCUT2D eigenvalue weighted by atomic mass is 32.2. The number of benzene rings is 1. The average Bonchev–Trinajstić information content (AvgIpc) is 2.02. The van der Waals surface area contributed by atoms with Gasteiger partial charge in [-0.15, -0.1) is 0 Å². The molecule has 1 aromatic carbocycles. The SMILES string of the molecule is N=Nc1ccccc1NS(=O)(=O)O. The Labute approximate surface area is 75.0 Å². The lowest BCUT2D eigenvalue weighted by Gasteiger charge is -2.03. The number of nitrogens with zero attached hydrogens (tertiary/aromatic N) is 1. The highest BCUT2D eigenvalue weighted by molar-refractivity contribution is 7.87. The lowest BCUT2D eigenvalue weighted by atomic mass is 10.3. The van der Waals surface area contributed by atoms with E-state index < -0.39 is 10.3 Å². The van der Waals surface area contributed by atoms with Crippen LogP contribution in [0.2, 0.25) is 0 Å². The fourth-order valence-corrected chi connectivity index (χ4v) is 1.25. The number of nitrogens with one attached hydrogen (secondary N) is 2. The predicted octanol–water partition coefficient (Wildman–Crippen LogP) is 1.56. The molecule has 0 radical (unpaired) electrons. The summed E-state index contributed by atoms with van der Waals surface area (Å²) in [7, 11) is -4.30. The highest BCUT2D eigenvalue weighted by Crippen LogP contribution is 2.24. The first-order chi connectivity index (χ1) is 6.03. The van der Waals surface area contributed by atoms with Crippen LogP contribution < -0.4 is 4.72 Å². The van der Waals surface area contributed by atoms with E-state index in [1.807, 2.05) is 4.72 Å². The molecule has 0 aliphatic carbocycles. The zero-order valence-electron chi connectivity index (χ0n) is 6.43. The van der Waals surface area contributed by atoms with E-state index in [1.54, 1.807) is 12.1 Å². The zero-order chi connectivity index (χ0) is 9.90. The lowest BCUT2D eigenvalue weighted by Crippen LogP contribution is -2.10. The second-order valence-corrected chi connectivity index (χ2v) is 3.36. The van der Waals surface area contributed by atoms with Crippen molar-refractivity contribution in [3.63, 3.8) is 0 Å². The summed E-state index contributed by atoms with van der Waals surface area (Å²) in [6, 6.07) is 5.99. The van der Waals surface area contributed by atoms with Crippen LogP contribution in [0.1, 0.15) is 0 Å². The Morgan fingerprint density at radius 2 is 2.00 bits per heavy atom. The quantitative estimate of drug-likeness (QED) is 0.510. The molecule has 0 amide bonds. The summed E-state index contributed by atoms with van der Waals surface area (Å²) < 4.78 is 31.1. The summed E-state index contributed by atoms with van der Waals surface area (Å²) in [6.45, 7) is 0. The van der Waals surface area contributed by atoms with E-state index in [2.05, 4.69) is 5.11 Å². The summed E-state index contributed by atoms with van der Waals surface area (Å²) in [5.74, 6) is 0. The Balaban J connectivity index is 3.08.